The van der Waals surface area contributed by atoms with Crippen molar-refractivity contribution < 1.29 is 9.53 Å². The van der Waals surface area contributed by atoms with Gasteiger partial charge in [-0.15, -0.1) is 0 Å². The molecule has 0 fully saturated rings. The van der Waals surface area contributed by atoms with Crippen molar-refractivity contribution in [3.63, 3.8) is 0 Å². The summed E-state index contributed by atoms with van der Waals surface area (Å²) >= 11 is 0. The number of carbonyl (C=O) groups excluding carboxylic acids is 1. The third-order valence-corrected chi connectivity index (χ3v) is 3.86. The van der Waals surface area contributed by atoms with E-state index in [-0.39, 0.29) is 12.0 Å². The van der Waals surface area contributed by atoms with E-state index in [4.69, 9.17) is 9.72 Å². The number of rotatable bonds is 7. The van der Waals surface area contributed by atoms with E-state index in [0.717, 1.165) is 11.2 Å². The van der Waals surface area contributed by atoms with Crippen LogP contribution in [0.15, 0.2) is 30.3 Å². The zero-order valence-corrected chi connectivity index (χ0v) is 14.4. The predicted octanol–water partition coefficient (Wildman–Crippen LogP) is 3.78. The monoisotopic (exact) mass is 314 g/mol. The molecule has 23 heavy (non-hydrogen) atoms. The van der Waals surface area contributed by atoms with Gasteiger partial charge >= 0.3 is 5.97 Å². The maximum atomic E-state index is 11.8. The highest BCUT2D eigenvalue weighted by Gasteiger charge is 2.15. The minimum atomic E-state index is -0.142. The van der Waals surface area contributed by atoms with Crippen LogP contribution in [0.1, 0.15) is 44.0 Å². The van der Waals surface area contributed by atoms with Crippen LogP contribution in [0, 0.1) is 12.8 Å². The van der Waals surface area contributed by atoms with E-state index >= 15 is 0 Å². The largest absolute Gasteiger partial charge is 0.465 e. The van der Waals surface area contributed by atoms with Crippen LogP contribution in [-0.4, -0.2) is 24.6 Å². The first-order valence-electron chi connectivity index (χ1n) is 8.20. The number of nitrogens with zero attached hydrogens (tertiary/aromatic N) is 1. The van der Waals surface area contributed by atoms with Gasteiger partial charge in [0.05, 0.1) is 17.8 Å². The lowest BCUT2D eigenvalue weighted by molar-refractivity contribution is -0.144. The summed E-state index contributed by atoms with van der Waals surface area (Å²) in [5, 5.41) is 4.43. The van der Waals surface area contributed by atoms with Gasteiger partial charge in [0.1, 0.15) is 0 Å². The fraction of sp³-hybridized carbons (Fsp3) is 0.474. The van der Waals surface area contributed by atoms with Gasteiger partial charge in [-0.2, -0.15) is 0 Å². The second-order valence-corrected chi connectivity index (χ2v) is 6.34. The standard InChI is InChI=1S/C19H26N2O2/c1-13(2)12-23-19(22)10-9-17(20-4)18-11-14(3)15-7-5-6-8-16(15)21-18/h5-8,11,13,17,20H,9-10,12H2,1-4H3. The van der Waals surface area contributed by atoms with E-state index in [1.165, 1.54) is 10.9 Å². The van der Waals surface area contributed by atoms with Crippen LogP contribution < -0.4 is 5.32 Å². The van der Waals surface area contributed by atoms with Gasteiger partial charge in [0.15, 0.2) is 0 Å². The fourth-order valence-corrected chi connectivity index (χ4v) is 2.59. The lowest BCUT2D eigenvalue weighted by atomic mass is 10.0. The number of pyridine rings is 1. The second kappa shape index (κ2) is 8.06. The molecule has 4 nitrogen and oxygen atoms in total. The normalized spacial score (nSPS) is 12.6. The van der Waals surface area contributed by atoms with Crippen LogP contribution in [0.3, 0.4) is 0 Å². The number of ether oxygens (including phenoxy) is 1. The van der Waals surface area contributed by atoms with Crippen molar-refractivity contribution in [1.29, 1.82) is 0 Å². The predicted molar refractivity (Wildman–Crippen MR) is 93.3 cm³/mol. The van der Waals surface area contributed by atoms with Gasteiger partial charge in [-0.3, -0.25) is 9.78 Å². The molecule has 0 radical (unpaired) electrons. The molecule has 0 saturated carbocycles. The van der Waals surface area contributed by atoms with Crippen LogP contribution >= 0.6 is 0 Å². The van der Waals surface area contributed by atoms with Gasteiger partial charge in [-0.05, 0) is 44.0 Å². The number of para-hydroxylation sites is 1. The van der Waals surface area contributed by atoms with E-state index in [0.29, 0.717) is 25.4 Å². The molecule has 1 atom stereocenters. The van der Waals surface area contributed by atoms with Gasteiger partial charge in [0.2, 0.25) is 0 Å². The molecular formula is C19H26N2O2. The maximum Gasteiger partial charge on any atom is 0.305 e. The Balaban J connectivity index is 2.07. The van der Waals surface area contributed by atoms with Gasteiger partial charge < -0.3 is 10.1 Å². The Labute approximate surface area is 138 Å². The lowest BCUT2D eigenvalue weighted by Crippen LogP contribution is -2.20. The third kappa shape index (κ3) is 4.76. The van der Waals surface area contributed by atoms with E-state index in [2.05, 4.69) is 24.4 Å². The van der Waals surface area contributed by atoms with Crippen LogP contribution in [0.25, 0.3) is 10.9 Å². The zero-order valence-electron chi connectivity index (χ0n) is 14.4. The number of hydrogen-bond acceptors (Lipinski definition) is 4. The molecule has 0 aliphatic rings. The molecule has 1 unspecified atom stereocenters. The Bertz CT molecular complexity index is 667. The maximum absolute atomic E-state index is 11.8. The Morgan fingerprint density at radius 1 is 1.30 bits per heavy atom. The van der Waals surface area contributed by atoms with Crippen LogP contribution in [0.4, 0.5) is 0 Å². The summed E-state index contributed by atoms with van der Waals surface area (Å²) in [5.74, 6) is 0.223. The smallest absolute Gasteiger partial charge is 0.305 e. The van der Waals surface area contributed by atoms with Crippen molar-refractivity contribution in [3.05, 3.63) is 41.6 Å². The summed E-state index contributed by atoms with van der Waals surface area (Å²) in [6, 6.07) is 10.3. The molecule has 0 aliphatic heterocycles. The Hall–Kier alpha value is -1.94. The number of aryl methyl sites for hydroxylation is 1. The van der Waals surface area contributed by atoms with Crippen molar-refractivity contribution in [2.24, 2.45) is 5.92 Å². The van der Waals surface area contributed by atoms with Gasteiger partial charge in [0, 0.05) is 17.8 Å². The molecule has 4 heteroatoms. The first kappa shape index (κ1) is 17.4. The summed E-state index contributed by atoms with van der Waals surface area (Å²) in [4.78, 5) is 16.6. The third-order valence-electron chi connectivity index (χ3n) is 3.86. The number of fused-ring (bicyclic) bond motifs is 1. The first-order chi connectivity index (χ1) is 11.0. The Morgan fingerprint density at radius 3 is 2.74 bits per heavy atom. The van der Waals surface area contributed by atoms with Gasteiger partial charge in [-0.25, -0.2) is 0 Å². The second-order valence-electron chi connectivity index (χ2n) is 6.34. The highest BCUT2D eigenvalue weighted by Crippen LogP contribution is 2.23. The molecule has 0 spiro atoms. The van der Waals surface area contributed by atoms with E-state index in [1.807, 2.05) is 39.1 Å². The van der Waals surface area contributed by atoms with Gasteiger partial charge in [-0.1, -0.05) is 32.0 Å². The molecule has 124 valence electrons. The number of benzene rings is 1. The molecule has 1 N–H and O–H groups in total. The number of carbonyl (C=O) groups is 1. The molecule has 2 rings (SSSR count). The number of hydrogen-bond donors (Lipinski definition) is 1. The molecule has 0 amide bonds. The van der Waals surface area contributed by atoms with Crippen molar-refractivity contribution in [1.82, 2.24) is 10.3 Å². The van der Waals surface area contributed by atoms with E-state index < -0.39 is 0 Å². The van der Waals surface area contributed by atoms with Gasteiger partial charge in [0.25, 0.3) is 0 Å². The highest BCUT2D eigenvalue weighted by molar-refractivity contribution is 5.82. The Kier molecular flexibility index (Phi) is 6.11. The molecule has 1 aromatic carbocycles. The summed E-state index contributed by atoms with van der Waals surface area (Å²) in [7, 11) is 1.90. The lowest BCUT2D eigenvalue weighted by Gasteiger charge is -2.17. The van der Waals surface area contributed by atoms with Crippen molar-refractivity contribution >= 4 is 16.9 Å². The number of aromatic nitrogens is 1. The molecule has 1 aromatic heterocycles. The summed E-state index contributed by atoms with van der Waals surface area (Å²) in [6.07, 6.45) is 1.07. The quantitative estimate of drug-likeness (QED) is 0.790. The molecule has 0 aliphatic carbocycles. The Morgan fingerprint density at radius 2 is 2.04 bits per heavy atom. The summed E-state index contributed by atoms with van der Waals surface area (Å²) in [5.41, 5.74) is 3.17. The molecular weight excluding hydrogens is 288 g/mol. The SMILES string of the molecule is CNC(CCC(=O)OCC(C)C)c1cc(C)c2ccccc2n1. The summed E-state index contributed by atoms with van der Waals surface area (Å²) < 4.78 is 5.24. The van der Waals surface area contributed by atoms with Crippen molar-refractivity contribution in [2.75, 3.05) is 13.7 Å². The minimum absolute atomic E-state index is 0.0462. The summed E-state index contributed by atoms with van der Waals surface area (Å²) in [6.45, 7) is 6.64. The average molecular weight is 314 g/mol. The van der Waals surface area contributed by atoms with Crippen LogP contribution in [0.5, 0.6) is 0 Å². The molecule has 1 heterocycles. The van der Waals surface area contributed by atoms with Crippen molar-refractivity contribution in [2.45, 2.75) is 39.7 Å². The average Bonchev–Trinajstić information content (AvgIpc) is 2.53. The molecule has 0 saturated heterocycles. The van der Waals surface area contributed by atoms with Crippen molar-refractivity contribution in [3.8, 4) is 0 Å². The highest BCUT2D eigenvalue weighted by atomic mass is 16.5. The van der Waals surface area contributed by atoms with E-state index in [9.17, 15) is 4.79 Å². The molecule has 0 bridgehead atoms. The van der Waals surface area contributed by atoms with Crippen LogP contribution in [-0.2, 0) is 9.53 Å². The topological polar surface area (TPSA) is 51.2 Å². The number of esters is 1. The number of nitrogens with one attached hydrogen (secondary N) is 1. The minimum Gasteiger partial charge on any atom is -0.465 e. The fourth-order valence-electron chi connectivity index (χ4n) is 2.59. The zero-order chi connectivity index (χ0) is 16.8. The van der Waals surface area contributed by atoms with E-state index in [1.54, 1.807) is 0 Å². The molecule has 2 aromatic rings. The van der Waals surface area contributed by atoms with Crippen LogP contribution in [0.2, 0.25) is 0 Å². The first-order valence-corrected chi connectivity index (χ1v) is 8.20.